The first-order valence-electron chi connectivity index (χ1n) is 9.28. The Hall–Kier alpha value is -1.54. The molecule has 1 aromatic carbocycles. The van der Waals surface area contributed by atoms with Gasteiger partial charge in [0.05, 0.1) is 12.1 Å². The number of nitrogens with two attached hydrogens (primary N) is 1. The minimum atomic E-state index is -0.562. The van der Waals surface area contributed by atoms with E-state index in [9.17, 15) is 4.79 Å². The number of halogens is 1. The van der Waals surface area contributed by atoms with Crippen molar-refractivity contribution in [2.75, 3.05) is 60.0 Å². The van der Waals surface area contributed by atoms with Crippen LogP contribution >= 0.6 is 11.6 Å². The van der Waals surface area contributed by atoms with E-state index in [4.69, 9.17) is 26.8 Å². The second-order valence-electron chi connectivity index (χ2n) is 7.20. The van der Waals surface area contributed by atoms with E-state index in [1.807, 2.05) is 12.1 Å². The fraction of sp³-hybridized carbons (Fsp3) is 0.632. The molecular weight excluding hydrogens is 368 g/mol. The van der Waals surface area contributed by atoms with Crippen LogP contribution in [0.25, 0.3) is 0 Å². The smallest absolute Gasteiger partial charge is 0.255 e. The maximum atomic E-state index is 10.9. The van der Waals surface area contributed by atoms with Crippen molar-refractivity contribution in [1.82, 2.24) is 15.1 Å². The molecule has 7 nitrogen and oxygen atoms in total. The van der Waals surface area contributed by atoms with Gasteiger partial charge in [-0.15, -0.1) is 0 Å². The summed E-state index contributed by atoms with van der Waals surface area (Å²) in [5.41, 5.74) is 6.11. The normalized spacial score (nSPS) is 16.9. The summed E-state index contributed by atoms with van der Waals surface area (Å²) in [5, 5.41) is 3.88. The van der Waals surface area contributed by atoms with Gasteiger partial charge in [-0.1, -0.05) is 18.5 Å². The average Bonchev–Trinajstić information content (AvgIpc) is 2.62. The van der Waals surface area contributed by atoms with Gasteiger partial charge in [0.25, 0.3) is 5.91 Å². The molecule has 2 rings (SSSR count). The first kappa shape index (κ1) is 21.8. The van der Waals surface area contributed by atoms with E-state index in [0.29, 0.717) is 29.0 Å². The average molecular weight is 399 g/mol. The number of carbonyl (C=O) groups is 1. The minimum Gasteiger partial charge on any atom is -0.493 e. The SMILES string of the molecule is COc1cc(CNCC(C)CN2CCN(C)CC2)cc(Cl)c1OCC(N)=O. The molecule has 1 atom stereocenters. The fourth-order valence-corrected chi connectivity index (χ4v) is 3.45. The van der Waals surface area contributed by atoms with E-state index in [1.165, 1.54) is 7.11 Å². The Morgan fingerprint density at radius 1 is 1.33 bits per heavy atom. The first-order valence-corrected chi connectivity index (χ1v) is 9.66. The topological polar surface area (TPSA) is 80.1 Å². The van der Waals surface area contributed by atoms with Gasteiger partial charge in [0.2, 0.25) is 0 Å². The van der Waals surface area contributed by atoms with E-state index in [1.54, 1.807) is 0 Å². The third-order valence-corrected chi connectivity index (χ3v) is 4.92. The maximum absolute atomic E-state index is 10.9. The molecule has 1 heterocycles. The zero-order chi connectivity index (χ0) is 19.8. The zero-order valence-corrected chi connectivity index (χ0v) is 17.2. The first-order chi connectivity index (χ1) is 12.9. The number of carbonyl (C=O) groups excluding carboxylic acids is 1. The zero-order valence-electron chi connectivity index (χ0n) is 16.5. The summed E-state index contributed by atoms with van der Waals surface area (Å²) in [6.07, 6.45) is 0. The Morgan fingerprint density at radius 2 is 2.04 bits per heavy atom. The Balaban J connectivity index is 1.82. The molecule has 1 aromatic rings. The van der Waals surface area contributed by atoms with E-state index >= 15 is 0 Å². The van der Waals surface area contributed by atoms with Crippen molar-refractivity contribution in [2.45, 2.75) is 13.5 Å². The van der Waals surface area contributed by atoms with E-state index in [2.05, 4.69) is 29.1 Å². The predicted octanol–water partition coefficient (Wildman–Crippen LogP) is 1.19. The van der Waals surface area contributed by atoms with Crippen LogP contribution in [0.15, 0.2) is 12.1 Å². The Kier molecular flexibility index (Phi) is 8.63. The number of ether oxygens (including phenoxy) is 2. The minimum absolute atomic E-state index is 0.239. The number of methoxy groups -OCH3 is 1. The van der Waals surface area contributed by atoms with Crippen molar-refractivity contribution in [3.05, 3.63) is 22.7 Å². The Bertz CT molecular complexity index is 621. The molecule has 152 valence electrons. The molecule has 0 aliphatic carbocycles. The van der Waals surface area contributed by atoms with Gasteiger partial charge in [-0.3, -0.25) is 4.79 Å². The monoisotopic (exact) mass is 398 g/mol. The molecule has 0 bridgehead atoms. The lowest BCUT2D eigenvalue weighted by molar-refractivity contribution is -0.119. The largest absolute Gasteiger partial charge is 0.493 e. The maximum Gasteiger partial charge on any atom is 0.255 e. The van der Waals surface area contributed by atoms with Crippen molar-refractivity contribution in [3.8, 4) is 11.5 Å². The van der Waals surface area contributed by atoms with Crippen LogP contribution in [0, 0.1) is 5.92 Å². The van der Waals surface area contributed by atoms with Gasteiger partial charge >= 0.3 is 0 Å². The summed E-state index contributed by atoms with van der Waals surface area (Å²) < 4.78 is 10.7. The number of nitrogens with zero attached hydrogens (tertiary/aromatic N) is 2. The van der Waals surface area contributed by atoms with Crippen molar-refractivity contribution in [3.63, 3.8) is 0 Å². The predicted molar refractivity (Wildman–Crippen MR) is 108 cm³/mol. The summed E-state index contributed by atoms with van der Waals surface area (Å²) in [4.78, 5) is 15.8. The number of rotatable bonds is 10. The quantitative estimate of drug-likeness (QED) is 0.616. The molecule has 1 aliphatic heterocycles. The molecule has 1 aliphatic rings. The standard InChI is InChI=1S/C19H31ClN4O3/c1-14(12-24-6-4-23(2)5-7-24)10-22-11-15-8-16(20)19(17(9-15)26-3)27-13-18(21)25/h8-9,14,22H,4-7,10-13H2,1-3H3,(H2,21,25). The van der Waals surface area contributed by atoms with Crippen molar-refractivity contribution < 1.29 is 14.3 Å². The third-order valence-electron chi connectivity index (χ3n) is 4.64. The summed E-state index contributed by atoms with van der Waals surface area (Å²) in [6, 6.07) is 3.68. The van der Waals surface area contributed by atoms with E-state index in [0.717, 1.165) is 44.8 Å². The lowest BCUT2D eigenvalue weighted by atomic mass is 10.1. The molecule has 1 saturated heterocycles. The van der Waals surface area contributed by atoms with Crippen LogP contribution in [-0.2, 0) is 11.3 Å². The van der Waals surface area contributed by atoms with E-state index < -0.39 is 5.91 Å². The molecule has 1 fully saturated rings. The summed E-state index contributed by atoms with van der Waals surface area (Å²) >= 11 is 6.28. The van der Waals surface area contributed by atoms with Crippen molar-refractivity contribution in [2.24, 2.45) is 11.7 Å². The molecule has 8 heteroatoms. The number of amides is 1. The highest BCUT2D eigenvalue weighted by Gasteiger charge is 2.16. The molecule has 0 aromatic heterocycles. The number of hydrogen-bond acceptors (Lipinski definition) is 6. The van der Waals surface area contributed by atoms with Crippen LogP contribution in [0.1, 0.15) is 12.5 Å². The molecular formula is C19H31ClN4O3. The number of piperazine rings is 1. The molecule has 1 unspecified atom stereocenters. The fourth-order valence-electron chi connectivity index (χ4n) is 3.16. The van der Waals surface area contributed by atoms with Crippen LogP contribution in [0.4, 0.5) is 0 Å². The van der Waals surface area contributed by atoms with Crippen molar-refractivity contribution in [1.29, 1.82) is 0 Å². The summed E-state index contributed by atoms with van der Waals surface area (Å²) in [5.74, 6) is 0.827. The lowest BCUT2D eigenvalue weighted by Crippen LogP contribution is -2.46. The van der Waals surface area contributed by atoms with Gasteiger partial charge in [0, 0.05) is 39.3 Å². The second-order valence-corrected chi connectivity index (χ2v) is 7.61. The van der Waals surface area contributed by atoms with Gasteiger partial charge in [-0.2, -0.15) is 0 Å². The van der Waals surface area contributed by atoms with Crippen LogP contribution in [0.3, 0.4) is 0 Å². The number of benzene rings is 1. The van der Waals surface area contributed by atoms with Crippen LogP contribution < -0.4 is 20.5 Å². The Labute approximate surface area is 166 Å². The van der Waals surface area contributed by atoms with E-state index in [-0.39, 0.29) is 6.61 Å². The van der Waals surface area contributed by atoms with Crippen molar-refractivity contribution >= 4 is 17.5 Å². The van der Waals surface area contributed by atoms with Crippen LogP contribution in [0.2, 0.25) is 5.02 Å². The highest BCUT2D eigenvalue weighted by molar-refractivity contribution is 6.32. The van der Waals surface area contributed by atoms with Crippen LogP contribution in [-0.4, -0.2) is 75.7 Å². The molecule has 0 radical (unpaired) electrons. The second kappa shape index (κ2) is 10.7. The number of primary amides is 1. The molecule has 0 spiro atoms. The van der Waals surface area contributed by atoms with Gasteiger partial charge in [-0.25, -0.2) is 0 Å². The third kappa shape index (κ3) is 7.18. The van der Waals surface area contributed by atoms with Crippen LogP contribution in [0.5, 0.6) is 11.5 Å². The lowest BCUT2D eigenvalue weighted by Gasteiger charge is -2.34. The molecule has 27 heavy (non-hydrogen) atoms. The summed E-state index contributed by atoms with van der Waals surface area (Å²) in [6.45, 7) is 9.29. The number of likely N-dealkylation sites (N-methyl/N-ethyl adjacent to an activating group) is 1. The molecule has 0 saturated carbocycles. The molecule has 3 N–H and O–H groups in total. The Morgan fingerprint density at radius 3 is 2.67 bits per heavy atom. The number of nitrogens with one attached hydrogen (secondary N) is 1. The highest BCUT2D eigenvalue weighted by Crippen LogP contribution is 2.36. The van der Waals surface area contributed by atoms with Gasteiger partial charge in [0.15, 0.2) is 18.1 Å². The highest BCUT2D eigenvalue weighted by atomic mass is 35.5. The number of hydrogen-bond donors (Lipinski definition) is 2. The summed E-state index contributed by atoms with van der Waals surface area (Å²) in [7, 11) is 3.71. The molecule has 1 amide bonds. The van der Waals surface area contributed by atoms with Gasteiger partial charge < -0.3 is 30.3 Å². The van der Waals surface area contributed by atoms with Gasteiger partial charge in [0.1, 0.15) is 0 Å². The van der Waals surface area contributed by atoms with Gasteiger partial charge in [-0.05, 0) is 37.2 Å².